The number of amides is 1. The van der Waals surface area contributed by atoms with E-state index in [0.29, 0.717) is 5.69 Å². The van der Waals surface area contributed by atoms with Crippen molar-refractivity contribution in [3.05, 3.63) is 59.1 Å². The quantitative estimate of drug-likeness (QED) is 0.490. The van der Waals surface area contributed by atoms with Gasteiger partial charge in [0.1, 0.15) is 11.4 Å². The summed E-state index contributed by atoms with van der Waals surface area (Å²) in [6.45, 7) is 11.7. The SMILES string of the molecule is CCN(CC)CCC[C@H](C)NC(=O)c1cc(-c2cccs2)nn1-c1cccc(C)c1. The highest BCUT2D eigenvalue weighted by atomic mass is 32.1. The van der Waals surface area contributed by atoms with E-state index >= 15 is 0 Å². The van der Waals surface area contributed by atoms with Crippen LogP contribution < -0.4 is 5.32 Å². The first-order valence-corrected chi connectivity index (χ1v) is 11.6. The second-order valence-corrected chi connectivity index (χ2v) is 8.63. The fourth-order valence-corrected chi connectivity index (χ4v) is 4.26. The zero-order chi connectivity index (χ0) is 21.5. The number of nitrogens with zero attached hydrogens (tertiary/aromatic N) is 3. The van der Waals surface area contributed by atoms with Crippen molar-refractivity contribution in [2.45, 2.75) is 46.6 Å². The molecule has 1 N–H and O–H groups in total. The second kappa shape index (κ2) is 10.5. The molecule has 0 fully saturated rings. The summed E-state index contributed by atoms with van der Waals surface area (Å²) in [7, 11) is 0. The van der Waals surface area contributed by atoms with Gasteiger partial charge in [-0.05, 0) is 81.5 Å². The Hall–Kier alpha value is -2.44. The van der Waals surface area contributed by atoms with Crippen LogP contribution in [0.4, 0.5) is 0 Å². The van der Waals surface area contributed by atoms with Gasteiger partial charge in [0.15, 0.2) is 0 Å². The van der Waals surface area contributed by atoms with Gasteiger partial charge in [-0.15, -0.1) is 11.3 Å². The molecule has 0 aliphatic carbocycles. The molecule has 6 heteroatoms. The molecule has 160 valence electrons. The fraction of sp³-hybridized carbons (Fsp3) is 0.417. The van der Waals surface area contributed by atoms with Crippen LogP contribution in [0.2, 0.25) is 0 Å². The van der Waals surface area contributed by atoms with E-state index in [0.717, 1.165) is 54.3 Å². The van der Waals surface area contributed by atoms with E-state index in [2.05, 4.69) is 37.1 Å². The third-order valence-corrected chi connectivity index (χ3v) is 6.24. The minimum atomic E-state index is -0.0813. The number of aromatic nitrogens is 2. The first-order chi connectivity index (χ1) is 14.5. The van der Waals surface area contributed by atoms with Crippen LogP contribution >= 0.6 is 11.3 Å². The van der Waals surface area contributed by atoms with Crippen molar-refractivity contribution in [3.8, 4) is 16.3 Å². The summed E-state index contributed by atoms with van der Waals surface area (Å²) >= 11 is 1.63. The third-order valence-electron chi connectivity index (χ3n) is 5.35. The molecule has 0 bridgehead atoms. The van der Waals surface area contributed by atoms with Gasteiger partial charge in [0.05, 0.1) is 10.6 Å². The lowest BCUT2D eigenvalue weighted by atomic mass is 10.1. The van der Waals surface area contributed by atoms with Crippen molar-refractivity contribution in [1.82, 2.24) is 20.0 Å². The van der Waals surface area contributed by atoms with Crippen molar-refractivity contribution in [1.29, 1.82) is 0 Å². The van der Waals surface area contributed by atoms with Crippen molar-refractivity contribution in [2.24, 2.45) is 0 Å². The maximum absolute atomic E-state index is 13.1. The van der Waals surface area contributed by atoms with E-state index in [1.807, 2.05) is 48.7 Å². The standard InChI is InChI=1S/C24H32N4OS/c1-5-27(6-2)14-8-11-19(4)25-24(29)22-17-21(23-13-9-15-30-23)26-28(22)20-12-7-10-18(3)16-20/h7,9-10,12-13,15-17,19H,5-6,8,11,14H2,1-4H3,(H,25,29)/t19-/m0/s1. The van der Waals surface area contributed by atoms with Gasteiger partial charge in [-0.3, -0.25) is 4.79 Å². The molecule has 3 rings (SSSR count). The number of benzene rings is 1. The highest BCUT2D eigenvalue weighted by molar-refractivity contribution is 7.13. The molecule has 2 aromatic heterocycles. The molecule has 1 atom stereocenters. The molecule has 5 nitrogen and oxygen atoms in total. The Bertz CT molecular complexity index is 944. The molecule has 0 radical (unpaired) electrons. The van der Waals surface area contributed by atoms with Gasteiger partial charge in [0.2, 0.25) is 0 Å². The van der Waals surface area contributed by atoms with E-state index in [4.69, 9.17) is 5.10 Å². The van der Waals surface area contributed by atoms with Crippen molar-refractivity contribution >= 4 is 17.2 Å². The summed E-state index contributed by atoms with van der Waals surface area (Å²) < 4.78 is 1.76. The highest BCUT2D eigenvalue weighted by Gasteiger charge is 2.19. The molecule has 0 saturated heterocycles. The van der Waals surface area contributed by atoms with E-state index < -0.39 is 0 Å². The molecule has 1 amide bonds. The molecule has 3 aromatic rings. The molecule has 0 aliphatic heterocycles. The third kappa shape index (κ3) is 5.58. The molecule has 0 aliphatic rings. The average molecular weight is 425 g/mol. The Labute approximate surface area is 183 Å². The molecule has 2 heterocycles. The Morgan fingerprint density at radius 1 is 1.20 bits per heavy atom. The van der Waals surface area contributed by atoms with E-state index in [1.165, 1.54) is 0 Å². The van der Waals surface area contributed by atoms with Crippen LogP contribution in [0.3, 0.4) is 0 Å². The summed E-state index contributed by atoms with van der Waals surface area (Å²) in [6, 6.07) is 14.1. The van der Waals surface area contributed by atoms with Gasteiger partial charge >= 0.3 is 0 Å². The maximum atomic E-state index is 13.1. The van der Waals surface area contributed by atoms with Crippen LogP contribution in [0.15, 0.2) is 47.8 Å². The van der Waals surface area contributed by atoms with E-state index in [1.54, 1.807) is 16.0 Å². The topological polar surface area (TPSA) is 50.2 Å². The number of hydrogen-bond donors (Lipinski definition) is 1. The normalized spacial score (nSPS) is 12.3. The van der Waals surface area contributed by atoms with Crippen LogP contribution in [-0.4, -0.2) is 46.3 Å². The monoisotopic (exact) mass is 424 g/mol. The van der Waals surface area contributed by atoms with Crippen LogP contribution in [0.5, 0.6) is 0 Å². The number of hydrogen-bond acceptors (Lipinski definition) is 4. The molecular formula is C24H32N4OS. The Morgan fingerprint density at radius 2 is 2.00 bits per heavy atom. The van der Waals surface area contributed by atoms with Crippen molar-refractivity contribution < 1.29 is 4.79 Å². The largest absolute Gasteiger partial charge is 0.348 e. The van der Waals surface area contributed by atoms with Gasteiger partial charge in [0.25, 0.3) is 5.91 Å². The maximum Gasteiger partial charge on any atom is 0.270 e. The summed E-state index contributed by atoms with van der Waals surface area (Å²) in [4.78, 5) is 16.6. The van der Waals surface area contributed by atoms with Gasteiger partial charge in [-0.25, -0.2) is 4.68 Å². The summed E-state index contributed by atoms with van der Waals surface area (Å²) in [5, 5.41) is 9.96. The summed E-state index contributed by atoms with van der Waals surface area (Å²) in [6.07, 6.45) is 2.03. The smallest absolute Gasteiger partial charge is 0.270 e. The Morgan fingerprint density at radius 3 is 2.67 bits per heavy atom. The van der Waals surface area contributed by atoms with E-state index in [9.17, 15) is 4.79 Å². The van der Waals surface area contributed by atoms with Crippen LogP contribution in [-0.2, 0) is 0 Å². The predicted octanol–water partition coefficient (Wildman–Crippen LogP) is 5.15. The highest BCUT2D eigenvalue weighted by Crippen LogP contribution is 2.26. The molecule has 0 unspecified atom stereocenters. The van der Waals surface area contributed by atoms with Crippen LogP contribution in [0.25, 0.3) is 16.3 Å². The Balaban J connectivity index is 1.77. The fourth-order valence-electron chi connectivity index (χ4n) is 3.57. The van der Waals surface area contributed by atoms with Crippen molar-refractivity contribution in [2.75, 3.05) is 19.6 Å². The number of thiophene rings is 1. The number of carbonyl (C=O) groups excluding carboxylic acids is 1. The lowest BCUT2D eigenvalue weighted by Gasteiger charge is -2.20. The summed E-state index contributed by atoms with van der Waals surface area (Å²) in [5.41, 5.74) is 3.43. The first-order valence-electron chi connectivity index (χ1n) is 10.8. The van der Waals surface area contributed by atoms with Gasteiger partial charge in [-0.2, -0.15) is 5.10 Å². The number of rotatable bonds is 10. The van der Waals surface area contributed by atoms with Crippen molar-refractivity contribution in [3.63, 3.8) is 0 Å². The van der Waals surface area contributed by atoms with Crippen LogP contribution in [0.1, 0.15) is 49.7 Å². The lowest BCUT2D eigenvalue weighted by molar-refractivity contribution is 0.0929. The van der Waals surface area contributed by atoms with Gasteiger partial charge < -0.3 is 10.2 Å². The predicted molar refractivity (Wildman–Crippen MR) is 126 cm³/mol. The minimum absolute atomic E-state index is 0.0813. The van der Waals surface area contributed by atoms with Gasteiger partial charge in [0, 0.05) is 6.04 Å². The zero-order valence-corrected chi connectivity index (χ0v) is 19.2. The number of aryl methyl sites for hydroxylation is 1. The number of carbonyl (C=O) groups is 1. The molecule has 30 heavy (non-hydrogen) atoms. The Kier molecular flexibility index (Phi) is 7.82. The first kappa shape index (κ1) is 22.2. The average Bonchev–Trinajstić information content (AvgIpc) is 3.41. The molecular weight excluding hydrogens is 392 g/mol. The summed E-state index contributed by atoms with van der Waals surface area (Å²) in [5.74, 6) is -0.0813. The minimum Gasteiger partial charge on any atom is -0.348 e. The van der Waals surface area contributed by atoms with Crippen LogP contribution in [0, 0.1) is 6.92 Å². The zero-order valence-electron chi connectivity index (χ0n) is 18.4. The van der Waals surface area contributed by atoms with E-state index in [-0.39, 0.29) is 11.9 Å². The second-order valence-electron chi connectivity index (χ2n) is 7.69. The molecule has 1 aromatic carbocycles. The molecule has 0 saturated carbocycles. The number of nitrogens with one attached hydrogen (secondary N) is 1. The molecule has 0 spiro atoms. The van der Waals surface area contributed by atoms with Gasteiger partial charge in [-0.1, -0.05) is 32.0 Å². The lowest BCUT2D eigenvalue weighted by Crippen LogP contribution is -2.34.